The third-order valence-electron chi connectivity index (χ3n) is 2.11. The molecule has 0 bridgehead atoms. The van der Waals surface area contributed by atoms with Crippen molar-refractivity contribution in [2.45, 2.75) is 26.3 Å². The number of nitrogen functional groups attached to an aromatic ring is 1. The SMILES string of the molecule is COCCCNc1nn(C(C)C)cc1N. The molecule has 1 aromatic heterocycles. The van der Waals surface area contributed by atoms with E-state index in [9.17, 15) is 0 Å². The quantitative estimate of drug-likeness (QED) is 0.701. The van der Waals surface area contributed by atoms with Gasteiger partial charge >= 0.3 is 0 Å². The van der Waals surface area contributed by atoms with Crippen LogP contribution in [0.15, 0.2) is 6.20 Å². The van der Waals surface area contributed by atoms with Gasteiger partial charge in [0, 0.05) is 26.3 Å². The first-order valence-electron chi connectivity index (χ1n) is 5.22. The van der Waals surface area contributed by atoms with Crippen LogP contribution >= 0.6 is 0 Å². The molecule has 0 radical (unpaired) electrons. The second kappa shape index (κ2) is 5.60. The second-order valence-corrected chi connectivity index (χ2v) is 3.78. The fourth-order valence-corrected chi connectivity index (χ4v) is 1.23. The highest BCUT2D eigenvalue weighted by Crippen LogP contribution is 2.17. The summed E-state index contributed by atoms with van der Waals surface area (Å²) >= 11 is 0. The fourth-order valence-electron chi connectivity index (χ4n) is 1.23. The molecule has 1 rings (SSSR count). The van der Waals surface area contributed by atoms with Gasteiger partial charge in [-0.15, -0.1) is 0 Å². The zero-order valence-electron chi connectivity index (χ0n) is 9.66. The number of hydrogen-bond acceptors (Lipinski definition) is 4. The van der Waals surface area contributed by atoms with E-state index < -0.39 is 0 Å². The van der Waals surface area contributed by atoms with Crippen molar-refractivity contribution < 1.29 is 4.74 Å². The molecule has 86 valence electrons. The molecule has 0 aliphatic rings. The summed E-state index contributed by atoms with van der Waals surface area (Å²) in [6.45, 7) is 5.72. The minimum Gasteiger partial charge on any atom is -0.394 e. The van der Waals surface area contributed by atoms with E-state index in [1.165, 1.54) is 0 Å². The molecule has 3 N–H and O–H groups in total. The lowest BCUT2D eigenvalue weighted by atomic mass is 10.4. The fraction of sp³-hybridized carbons (Fsp3) is 0.700. The number of methoxy groups -OCH3 is 1. The number of nitrogens with two attached hydrogens (primary N) is 1. The van der Waals surface area contributed by atoms with Crippen molar-refractivity contribution in [2.24, 2.45) is 0 Å². The topological polar surface area (TPSA) is 65.1 Å². The Balaban J connectivity index is 2.46. The number of nitrogens with one attached hydrogen (secondary N) is 1. The number of hydrogen-bond donors (Lipinski definition) is 2. The minimum absolute atomic E-state index is 0.335. The molecule has 0 aliphatic carbocycles. The molecular formula is C10H20N4O. The highest BCUT2D eigenvalue weighted by Gasteiger charge is 2.06. The van der Waals surface area contributed by atoms with Crippen LogP contribution in [0.25, 0.3) is 0 Å². The summed E-state index contributed by atoms with van der Waals surface area (Å²) in [7, 11) is 1.70. The van der Waals surface area contributed by atoms with Crippen molar-refractivity contribution in [3.8, 4) is 0 Å². The molecule has 0 atom stereocenters. The first-order valence-corrected chi connectivity index (χ1v) is 5.22. The van der Waals surface area contributed by atoms with E-state index in [2.05, 4.69) is 24.3 Å². The molecule has 0 spiro atoms. The minimum atomic E-state index is 0.335. The molecule has 15 heavy (non-hydrogen) atoms. The Hall–Kier alpha value is -1.23. The van der Waals surface area contributed by atoms with Crippen LogP contribution in [0.1, 0.15) is 26.3 Å². The molecule has 5 heteroatoms. The number of anilines is 2. The largest absolute Gasteiger partial charge is 0.394 e. The summed E-state index contributed by atoms with van der Waals surface area (Å²) < 4.78 is 6.81. The Morgan fingerprint density at radius 1 is 1.60 bits per heavy atom. The van der Waals surface area contributed by atoms with Crippen LogP contribution in [0.4, 0.5) is 11.5 Å². The summed E-state index contributed by atoms with van der Waals surface area (Å²) in [6.07, 6.45) is 2.80. The molecule has 0 aromatic carbocycles. The number of aromatic nitrogens is 2. The van der Waals surface area contributed by atoms with Gasteiger partial charge in [0.1, 0.15) is 0 Å². The summed E-state index contributed by atoms with van der Waals surface area (Å²) in [4.78, 5) is 0. The van der Waals surface area contributed by atoms with Crippen molar-refractivity contribution in [2.75, 3.05) is 31.3 Å². The Labute approximate surface area is 90.6 Å². The Morgan fingerprint density at radius 2 is 2.33 bits per heavy atom. The van der Waals surface area contributed by atoms with Gasteiger partial charge in [0.05, 0.1) is 11.9 Å². The van der Waals surface area contributed by atoms with Crippen molar-refractivity contribution >= 4 is 11.5 Å². The van der Waals surface area contributed by atoms with Gasteiger partial charge in [0.25, 0.3) is 0 Å². The normalized spacial score (nSPS) is 10.9. The average Bonchev–Trinajstić information content (AvgIpc) is 2.55. The van der Waals surface area contributed by atoms with E-state index in [1.54, 1.807) is 7.11 Å². The Bertz CT molecular complexity index is 296. The van der Waals surface area contributed by atoms with Crippen molar-refractivity contribution in [1.29, 1.82) is 0 Å². The van der Waals surface area contributed by atoms with E-state index in [0.29, 0.717) is 11.7 Å². The molecule has 5 nitrogen and oxygen atoms in total. The smallest absolute Gasteiger partial charge is 0.171 e. The third kappa shape index (κ3) is 3.43. The van der Waals surface area contributed by atoms with Gasteiger partial charge in [-0.3, -0.25) is 4.68 Å². The number of ether oxygens (including phenoxy) is 1. The van der Waals surface area contributed by atoms with E-state index in [1.807, 2.05) is 10.9 Å². The van der Waals surface area contributed by atoms with Crippen molar-refractivity contribution in [3.05, 3.63) is 6.20 Å². The van der Waals surface area contributed by atoms with Crippen LogP contribution in [0.5, 0.6) is 0 Å². The van der Waals surface area contributed by atoms with Gasteiger partial charge in [-0.05, 0) is 20.3 Å². The molecule has 0 aliphatic heterocycles. The molecule has 0 unspecified atom stereocenters. The monoisotopic (exact) mass is 212 g/mol. The predicted octanol–water partition coefficient (Wildman–Crippen LogP) is 1.49. The van der Waals surface area contributed by atoms with Gasteiger partial charge in [-0.2, -0.15) is 5.10 Å². The van der Waals surface area contributed by atoms with Crippen LogP contribution in [0, 0.1) is 0 Å². The van der Waals surface area contributed by atoms with Gasteiger partial charge in [0.2, 0.25) is 0 Å². The first kappa shape index (κ1) is 11.8. The summed E-state index contributed by atoms with van der Waals surface area (Å²) in [6, 6.07) is 0.335. The van der Waals surface area contributed by atoms with E-state index in [0.717, 1.165) is 25.4 Å². The highest BCUT2D eigenvalue weighted by molar-refractivity contribution is 5.59. The maximum Gasteiger partial charge on any atom is 0.171 e. The maximum atomic E-state index is 5.82. The Morgan fingerprint density at radius 3 is 2.87 bits per heavy atom. The third-order valence-corrected chi connectivity index (χ3v) is 2.11. The molecule has 0 fully saturated rings. The zero-order valence-corrected chi connectivity index (χ0v) is 9.66. The van der Waals surface area contributed by atoms with Crippen LogP contribution in [-0.4, -0.2) is 30.0 Å². The van der Waals surface area contributed by atoms with Gasteiger partial charge in [0.15, 0.2) is 5.82 Å². The van der Waals surface area contributed by atoms with Crippen molar-refractivity contribution in [1.82, 2.24) is 9.78 Å². The molecule has 0 amide bonds. The maximum absolute atomic E-state index is 5.82. The molecule has 1 aromatic rings. The van der Waals surface area contributed by atoms with E-state index in [4.69, 9.17) is 10.5 Å². The molecule has 1 heterocycles. The second-order valence-electron chi connectivity index (χ2n) is 3.78. The van der Waals surface area contributed by atoms with Gasteiger partial charge in [-0.1, -0.05) is 0 Å². The standard InChI is InChI=1S/C10H20N4O/c1-8(2)14-7-9(11)10(13-14)12-5-4-6-15-3/h7-8H,4-6,11H2,1-3H3,(H,12,13). The molecule has 0 saturated carbocycles. The van der Waals surface area contributed by atoms with Crippen LogP contribution < -0.4 is 11.1 Å². The summed E-state index contributed by atoms with van der Waals surface area (Å²) in [5.74, 6) is 0.764. The number of rotatable bonds is 6. The van der Waals surface area contributed by atoms with Gasteiger partial charge < -0.3 is 15.8 Å². The van der Waals surface area contributed by atoms with Crippen LogP contribution in [0.2, 0.25) is 0 Å². The van der Waals surface area contributed by atoms with Crippen LogP contribution in [-0.2, 0) is 4.74 Å². The van der Waals surface area contributed by atoms with E-state index >= 15 is 0 Å². The summed E-state index contributed by atoms with van der Waals surface area (Å²) in [5, 5.41) is 7.53. The average molecular weight is 212 g/mol. The lowest BCUT2D eigenvalue weighted by molar-refractivity contribution is 0.197. The predicted molar refractivity (Wildman–Crippen MR) is 62.0 cm³/mol. The van der Waals surface area contributed by atoms with E-state index in [-0.39, 0.29) is 0 Å². The Kier molecular flexibility index (Phi) is 4.42. The number of nitrogens with zero attached hydrogens (tertiary/aromatic N) is 2. The lowest BCUT2D eigenvalue weighted by Crippen LogP contribution is -2.07. The lowest BCUT2D eigenvalue weighted by Gasteiger charge is -2.04. The van der Waals surface area contributed by atoms with Crippen molar-refractivity contribution in [3.63, 3.8) is 0 Å². The van der Waals surface area contributed by atoms with Gasteiger partial charge in [-0.25, -0.2) is 0 Å². The van der Waals surface area contributed by atoms with Crippen LogP contribution in [0.3, 0.4) is 0 Å². The highest BCUT2D eigenvalue weighted by atomic mass is 16.5. The summed E-state index contributed by atoms with van der Waals surface area (Å²) in [5.41, 5.74) is 6.51. The molecular weight excluding hydrogens is 192 g/mol. The molecule has 0 saturated heterocycles. The zero-order chi connectivity index (χ0) is 11.3. The first-order chi connectivity index (χ1) is 7.15.